The first-order valence-electron chi connectivity index (χ1n) is 7.05. The molecule has 0 saturated carbocycles. The molecule has 0 aliphatic heterocycles. The summed E-state index contributed by atoms with van der Waals surface area (Å²) < 4.78 is 7.00. The van der Waals surface area contributed by atoms with Gasteiger partial charge in [0.25, 0.3) is 0 Å². The lowest BCUT2D eigenvalue weighted by atomic mass is 10.1. The number of nitrogens with zero attached hydrogens (tertiary/aromatic N) is 1. The van der Waals surface area contributed by atoms with Crippen LogP contribution in [0.25, 0.3) is 11.0 Å². The Bertz CT molecular complexity index is 565. The zero-order valence-corrected chi connectivity index (χ0v) is 14.2. The topological polar surface area (TPSA) is 28.4 Å². The molecule has 1 aromatic carbocycles. The molecule has 0 fully saturated rings. The molecule has 0 spiro atoms. The lowest BCUT2D eigenvalue weighted by Crippen LogP contribution is -2.31. The molecule has 4 heteroatoms. The summed E-state index contributed by atoms with van der Waals surface area (Å²) in [5.41, 5.74) is 0.942. The van der Waals surface area contributed by atoms with E-state index in [-0.39, 0.29) is 6.04 Å². The molecular weight excluding hydrogens is 316 g/mol. The summed E-state index contributed by atoms with van der Waals surface area (Å²) >= 11 is 3.49. The van der Waals surface area contributed by atoms with Crippen LogP contribution < -0.4 is 5.32 Å². The minimum absolute atomic E-state index is 0.221. The number of benzene rings is 1. The van der Waals surface area contributed by atoms with Crippen molar-refractivity contribution in [1.29, 1.82) is 0 Å². The van der Waals surface area contributed by atoms with Crippen LogP contribution >= 0.6 is 15.9 Å². The third-order valence-corrected chi connectivity index (χ3v) is 3.96. The molecule has 1 heterocycles. The number of halogens is 1. The minimum atomic E-state index is 0.221. The Kier molecular flexibility index (Phi) is 5.24. The largest absolute Gasteiger partial charge is 0.459 e. The molecule has 2 atom stereocenters. The van der Waals surface area contributed by atoms with Crippen molar-refractivity contribution in [1.82, 2.24) is 10.2 Å². The fourth-order valence-electron chi connectivity index (χ4n) is 2.29. The van der Waals surface area contributed by atoms with Crippen LogP contribution in [-0.4, -0.2) is 31.6 Å². The van der Waals surface area contributed by atoms with Crippen molar-refractivity contribution in [3.05, 3.63) is 34.5 Å². The summed E-state index contributed by atoms with van der Waals surface area (Å²) in [4.78, 5) is 2.21. The summed E-state index contributed by atoms with van der Waals surface area (Å²) in [6.07, 6.45) is 1.13. The SMILES string of the molecule is CC(CCN(C)C)NC(C)c1cc2cc(Br)ccc2o1. The molecular formula is C16H23BrN2O. The van der Waals surface area contributed by atoms with Gasteiger partial charge in [0.15, 0.2) is 0 Å². The fourth-order valence-corrected chi connectivity index (χ4v) is 2.67. The molecule has 0 bridgehead atoms. The Labute approximate surface area is 129 Å². The van der Waals surface area contributed by atoms with E-state index in [1.807, 2.05) is 12.1 Å². The number of nitrogens with one attached hydrogen (secondary N) is 1. The molecule has 0 amide bonds. The Morgan fingerprint density at radius 2 is 2.00 bits per heavy atom. The number of furan rings is 1. The maximum absolute atomic E-state index is 5.92. The highest BCUT2D eigenvalue weighted by atomic mass is 79.9. The standard InChI is InChI=1S/C16H23BrN2O/c1-11(7-8-19(3)4)18-12(2)16-10-13-9-14(17)5-6-15(13)20-16/h5-6,9-12,18H,7-8H2,1-4H3. The van der Waals surface area contributed by atoms with Gasteiger partial charge in [0.1, 0.15) is 11.3 Å². The van der Waals surface area contributed by atoms with Gasteiger partial charge in [0.2, 0.25) is 0 Å². The number of rotatable bonds is 6. The number of fused-ring (bicyclic) bond motifs is 1. The molecule has 1 N–H and O–H groups in total. The van der Waals surface area contributed by atoms with Gasteiger partial charge in [-0.25, -0.2) is 0 Å². The van der Waals surface area contributed by atoms with Crippen LogP contribution in [0.15, 0.2) is 33.2 Å². The van der Waals surface area contributed by atoms with Crippen LogP contribution in [0.3, 0.4) is 0 Å². The van der Waals surface area contributed by atoms with Gasteiger partial charge in [-0.2, -0.15) is 0 Å². The van der Waals surface area contributed by atoms with E-state index in [9.17, 15) is 0 Å². The van der Waals surface area contributed by atoms with Crippen molar-refractivity contribution in [3.8, 4) is 0 Å². The van der Waals surface area contributed by atoms with Crippen molar-refractivity contribution < 1.29 is 4.42 Å². The van der Waals surface area contributed by atoms with Crippen molar-refractivity contribution in [2.45, 2.75) is 32.4 Å². The first-order valence-corrected chi connectivity index (χ1v) is 7.85. The molecule has 0 aliphatic rings. The van der Waals surface area contributed by atoms with Crippen molar-refractivity contribution in [3.63, 3.8) is 0 Å². The molecule has 2 rings (SSSR count). The van der Waals surface area contributed by atoms with E-state index in [1.165, 1.54) is 0 Å². The van der Waals surface area contributed by atoms with Gasteiger partial charge in [-0.05, 0) is 65.2 Å². The lowest BCUT2D eigenvalue weighted by molar-refractivity contribution is 0.342. The summed E-state index contributed by atoms with van der Waals surface area (Å²) in [5.74, 6) is 0.995. The number of hydrogen-bond acceptors (Lipinski definition) is 3. The van der Waals surface area contributed by atoms with Gasteiger partial charge in [-0.1, -0.05) is 15.9 Å². The second-order valence-electron chi connectivity index (χ2n) is 5.71. The Hall–Kier alpha value is -0.840. The van der Waals surface area contributed by atoms with Crippen molar-refractivity contribution >= 4 is 26.9 Å². The van der Waals surface area contributed by atoms with E-state index in [0.29, 0.717) is 6.04 Å². The van der Waals surface area contributed by atoms with Gasteiger partial charge < -0.3 is 14.6 Å². The monoisotopic (exact) mass is 338 g/mol. The lowest BCUT2D eigenvalue weighted by Gasteiger charge is -2.20. The highest BCUT2D eigenvalue weighted by Crippen LogP contribution is 2.26. The minimum Gasteiger partial charge on any atom is -0.459 e. The molecule has 3 nitrogen and oxygen atoms in total. The van der Waals surface area contributed by atoms with Gasteiger partial charge in [0, 0.05) is 15.9 Å². The van der Waals surface area contributed by atoms with E-state index in [1.54, 1.807) is 0 Å². The zero-order chi connectivity index (χ0) is 14.7. The smallest absolute Gasteiger partial charge is 0.134 e. The molecule has 2 unspecified atom stereocenters. The summed E-state index contributed by atoms with van der Waals surface area (Å²) in [5, 5.41) is 4.74. The Balaban J connectivity index is 2.01. The zero-order valence-electron chi connectivity index (χ0n) is 12.6. The van der Waals surface area contributed by atoms with E-state index < -0.39 is 0 Å². The molecule has 2 aromatic rings. The van der Waals surface area contributed by atoms with E-state index in [4.69, 9.17) is 4.42 Å². The maximum Gasteiger partial charge on any atom is 0.134 e. The van der Waals surface area contributed by atoms with Crippen LogP contribution in [0.4, 0.5) is 0 Å². The van der Waals surface area contributed by atoms with E-state index >= 15 is 0 Å². The van der Waals surface area contributed by atoms with E-state index in [0.717, 1.165) is 34.2 Å². The Morgan fingerprint density at radius 1 is 1.25 bits per heavy atom. The molecule has 0 saturated heterocycles. The van der Waals surface area contributed by atoms with Crippen LogP contribution in [0.5, 0.6) is 0 Å². The molecule has 20 heavy (non-hydrogen) atoms. The quantitative estimate of drug-likeness (QED) is 0.856. The third-order valence-electron chi connectivity index (χ3n) is 3.47. The number of hydrogen-bond donors (Lipinski definition) is 1. The average molecular weight is 339 g/mol. The predicted molar refractivity (Wildman–Crippen MR) is 88.1 cm³/mol. The van der Waals surface area contributed by atoms with Crippen molar-refractivity contribution in [2.75, 3.05) is 20.6 Å². The van der Waals surface area contributed by atoms with E-state index in [2.05, 4.69) is 66.2 Å². The fraction of sp³-hybridized carbons (Fsp3) is 0.500. The molecule has 0 radical (unpaired) electrons. The first-order chi connectivity index (χ1) is 9.45. The van der Waals surface area contributed by atoms with Gasteiger partial charge in [-0.3, -0.25) is 0 Å². The summed E-state index contributed by atoms with van der Waals surface area (Å²) in [6, 6.07) is 8.91. The van der Waals surface area contributed by atoms with Gasteiger partial charge in [-0.15, -0.1) is 0 Å². The predicted octanol–water partition coefficient (Wildman–Crippen LogP) is 4.19. The normalized spacial score (nSPS) is 14.9. The van der Waals surface area contributed by atoms with Crippen LogP contribution in [0.2, 0.25) is 0 Å². The first kappa shape index (κ1) is 15.5. The Morgan fingerprint density at radius 3 is 2.70 bits per heavy atom. The van der Waals surface area contributed by atoms with Crippen LogP contribution in [0.1, 0.15) is 32.1 Å². The highest BCUT2D eigenvalue weighted by molar-refractivity contribution is 9.10. The van der Waals surface area contributed by atoms with Gasteiger partial charge >= 0.3 is 0 Å². The average Bonchev–Trinajstić information content (AvgIpc) is 2.79. The summed E-state index contributed by atoms with van der Waals surface area (Å²) in [6.45, 7) is 5.46. The summed E-state index contributed by atoms with van der Waals surface area (Å²) in [7, 11) is 4.21. The van der Waals surface area contributed by atoms with Crippen LogP contribution in [-0.2, 0) is 0 Å². The van der Waals surface area contributed by atoms with Crippen LogP contribution in [0, 0.1) is 0 Å². The maximum atomic E-state index is 5.92. The second-order valence-corrected chi connectivity index (χ2v) is 6.63. The van der Waals surface area contributed by atoms with Crippen molar-refractivity contribution in [2.24, 2.45) is 0 Å². The second kappa shape index (κ2) is 6.74. The molecule has 1 aromatic heterocycles. The highest BCUT2D eigenvalue weighted by Gasteiger charge is 2.14. The van der Waals surface area contributed by atoms with Gasteiger partial charge in [0.05, 0.1) is 6.04 Å². The molecule has 0 aliphatic carbocycles. The third kappa shape index (κ3) is 4.08. The molecule has 110 valence electrons.